The van der Waals surface area contributed by atoms with Crippen LogP contribution in [0.15, 0.2) is 29.1 Å². The topological polar surface area (TPSA) is 76.0 Å². The Morgan fingerprint density at radius 1 is 1.29 bits per heavy atom. The summed E-state index contributed by atoms with van der Waals surface area (Å²) in [5.74, 6) is 0.297. The number of hydrogen-bond acceptors (Lipinski definition) is 3. The largest absolute Gasteiger partial charge is 0.385 e. The normalized spacial score (nSPS) is 10.3. The number of carbonyl (C=O) groups excluding carboxylic acids is 1. The summed E-state index contributed by atoms with van der Waals surface area (Å²) in [4.78, 5) is 24.4. The van der Waals surface area contributed by atoms with Crippen LogP contribution in [0, 0.1) is 0 Å². The molecule has 0 amide bonds. The van der Waals surface area contributed by atoms with Gasteiger partial charge in [-0.15, -0.1) is 0 Å². The van der Waals surface area contributed by atoms with Crippen LogP contribution in [0.3, 0.4) is 0 Å². The number of nitrogen functional groups attached to an aromatic ring is 1. The maximum atomic E-state index is 11.4. The zero-order valence-electron chi connectivity index (χ0n) is 7.28. The molecule has 0 saturated carbocycles. The second-order valence-corrected chi connectivity index (χ2v) is 3.02. The maximum absolute atomic E-state index is 11.4. The number of nitrogens with two attached hydrogens (primary N) is 1. The van der Waals surface area contributed by atoms with Gasteiger partial charge in [-0.05, 0) is 23.6 Å². The number of aldehydes is 1. The number of nitrogens with one attached hydrogen (secondary N) is 1. The van der Waals surface area contributed by atoms with Gasteiger partial charge in [-0.3, -0.25) is 9.59 Å². The Morgan fingerprint density at radius 3 is 2.79 bits per heavy atom. The van der Waals surface area contributed by atoms with Crippen molar-refractivity contribution >= 4 is 22.9 Å². The van der Waals surface area contributed by atoms with E-state index < -0.39 is 0 Å². The maximum Gasteiger partial charge on any atom is 0.257 e. The van der Waals surface area contributed by atoms with Crippen LogP contribution in [-0.2, 0) is 0 Å². The lowest BCUT2D eigenvalue weighted by atomic mass is 10.1. The van der Waals surface area contributed by atoms with Crippen LogP contribution in [0.25, 0.3) is 10.8 Å². The number of aromatic nitrogens is 1. The first kappa shape index (κ1) is 8.50. The van der Waals surface area contributed by atoms with Crippen LogP contribution in [0.5, 0.6) is 0 Å². The molecule has 14 heavy (non-hydrogen) atoms. The number of benzene rings is 1. The molecule has 0 aliphatic heterocycles. The molecule has 3 N–H and O–H groups in total. The Labute approximate surface area is 79.4 Å². The fourth-order valence-electron chi connectivity index (χ4n) is 1.38. The smallest absolute Gasteiger partial charge is 0.257 e. The van der Waals surface area contributed by atoms with Gasteiger partial charge in [0.25, 0.3) is 5.56 Å². The van der Waals surface area contributed by atoms with Gasteiger partial charge in [-0.2, -0.15) is 0 Å². The number of fused-ring (bicyclic) bond motifs is 1. The van der Waals surface area contributed by atoms with Crippen molar-refractivity contribution in [3.8, 4) is 0 Å². The molecule has 1 aromatic heterocycles. The van der Waals surface area contributed by atoms with Crippen LogP contribution in [0.2, 0.25) is 0 Å². The number of aromatic amines is 1. The Bertz CT molecular complexity index is 558. The molecular formula is C10H8N2O2. The first-order valence-corrected chi connectivity index (χ1v) is 4.08. The zero-order chi connectivity index (χ0) is 10.1. The lowest BCUT2D eigenvalue weighted by Crippen LogP contribution is -2.08. The third-order valence-electron chi connectivity index (χ3n) is 2.03. The van der Waals surface area contributed by atoms with Crippen LogP contribution in [0.1, 0.15) is 10.4 Å². The second-order valence-electron chi connectivity index (χ2n) is 3.02. The minimum absolute atomic E-state index is 0.238. The molecule has 1 heterocycles. The van der Waals surface area contributed by atoms with Crippen molar-refractivity contribution in [3.05, 3.63) is 40.2 Å². The van der Waals surface area contributed by atoms with Crippen LogP contribution in [-0.4, -0.2) is 11.3 Å². The molecule has 0 aliphatic rings. The molecule has 0 fully saturated rings. The molecule has 4 heteroatoms. The highest BCUT2D eigenvalue weighted by molar-refractivity contribution is 5.89. The highest BCUT2D eigenvalue weighted by Gasteiger charge is 2.00. The quantitative estimate of drug-likeness (QED) is 0.653. The van der Waals surface area contributed by atoms with Gasteiger partial charge in [0.05, 0.1) is 0 Å². The van der Waals surface area contributed by atoms with Crippen LogP contribution >= 0.6 is 0 Å². The summed E-state index contributed by atoms with van der Waals surface area (Å²) < 4.78 is 0. The number of anilines is 1. The highest BCUT2D eigenvalue weighted by atomic mass is 16.1. The average Bonchev–Trinajstić information content (AvgIpc) is 2.16. The van der Waals surface area contributed by atoms with E-state index in [4.69, 9.17) is 5.73 Å². The molecule has 1 aromatic carbocycles. The van der Waals surface area contributed by atoms with Gasteiger partial charge in [-0.25, -0.2) is 0 Å². The van der Waals surface area contributed by atoms with E-state index in [1.54, 1.807) is 24.3 Å². The zero-order valence-corrected chi connectivity index (χ0v) is 7.28. The van der Waals surface area contributed by atoms with E-state index in [1.165, 1.54) is 0 Å². The van der Waals surface area contributed by atoms with Crippen molar-refractivity contribution in [3.63, 3.8) is 0 Å². The Hall–Kier alpha value is -2.10. The van der Waals surface area contributed by atoms with Crippen molar-refractivity contribution in [2.75, 3.05) is 5.73 Å². The highest BCUT2D eigenvalue weighted by Crippen LogP contribution is 2.12. The van der Waals surface area contributed by atoms with Crippen LogP contribution < -0.4 is 11.3 Å². The summed E-state index contributed by atoms with van der Waals surface area (Å²) in [6.45, 7) is 0. The Kier molecular flexibility index (Phi) is 1.81. The molecule has 2 rings (SSSR count). The van der Waals surface area contributed by atoms with E-state index in [2.05, 4.69) is 4.98 Å². The summed E-state index contributed by atoms with van der Waals surface area (Å²) in [7, 11) is 0. The molecular weight excluding hydrogens is 180 g/mol. The van der Waals surface area contributed by atoms with Gasteiger partial charge >= 0.3 is 0 Å². The second kappa shape index (κ2) is 2.99. The number of pyridine rings is 1. The molecule has 0 bridgehead atoms. The van der Waals surface area contributed by atoms with Gasteiger partial charge in [-0.1, -0.05) is 6.07 Å². The minimum atomic E-state index is -0.238. The number of rotatable bonds is 1. The number of H-pyrrole nitrogens is 1. The van der Waals surface area contributed by atoms with Crippen molar-refractivity contribution in [2.45, 2.75) is 0 Å². The molecule has 2 aromatic rings. The Balaban J connectivity index is 2.88. The molecule has 0 aliphatic carbocycles. The summed E-state index contributed by atoms with van der Waals surface area (Å²) in [5.41, 5.74) is 5.76. The van der Waals surface area contributed by atoms with E-state index in [0.717, 1.165) is 6.29 Å². The van der Waals surface area contributed by atoms with Gasteiger partial charge in [0, 0.05) is 10.9 Å². The fraction of sp³-hybridized carbons (Fsp3) is 0. The summed E-state index contributed by atoms with van der Waals surface area (Å²) in [5, 5.41) is 1.21. The van der Waals surface area contributed by atoms with Gasteiger partial charge in [0.2, 0.25) is 0 Å². The molecule has 0 unspecified atom stereocenters. The number of carbonyl (C=O) groups is 1. The molecule has 0 spiro atoms. The van der Waals surface area contributed by atoms with E-state index >= 15 is 0 Å². The first-order valence-electron chi connectivity index (χ1n) is 4.08. The third kappa shape index (κ3) is 1.26. The molecule has 70 valence electrons. The molecule has 0 atom stereocenters. The van der Waals surface area contributed by atoms with E-state index in [0.29, 0.717) is 22.2 Å². The summed E-state index contributed by atoms with van der Waals surface area (Å²) in [6.07, 6.45) is 0.733. The first-order chi connectivity index (χ1) is 6.70. The fourth-order valence-corrected chi connectivity index (χ4v) is 1.38. The van der Waals surface area contributed by atoms with Crippen LogP contribution in [0.4, 0.5) is 5.82 Å². The molecule has 0 radical (unpaired) electrons. The summed E-state index contributed by atoms with van der Waals surface area (Å²) >= 11 is 0. The van der Waals surface area contributed by atoms with E-state index in [9.17, 15) is 9.59 Å². The summed E-state index contributed by atoms with van der Waals surface area (Å²) in [6, 6.07) is 6.47. The predicted octanol–water partition coefficient (Wildman–Crippen LogP) is 0.923. The number of hydrogen-bond donors (Lipinski definition) is 2. The van der Waals surface area contributed by atoms with Gasteiger partial charge < -0.3 is 10.7 Å². The van der Waals surface area contributed by atoms with Crippen molar-refractivity contribution in [1.82, 2.24) is 4.98 Å². The average molecular weight is 188 g/mol. The lowest BCUT2D eigenvalue weighted by Gasteiger charge is -1.99. The molecule has 0 saturated heterocycles. The standard InChI is InChI=1S/C10H8N2O2/c11-9-4-7-3-6(5-13)1-2-8(7)10(14)12-9/h1-5H,(H3,11,12,14). The van der Waals surface area contributed by atoms with Gasteiger partial charge in [0.1, 0.15) is 12.1 Å². The van der Waals surface area contributed by atoms with Crippen molar-refractivity contribution < 1.29 is 4.79 Å². The van der Waals surface area contributed by atoms with E-state index in [1.807, 2.05) is 0 Å². The van der Waals surface area contributed by atoms with Crippen molar-refractivity contribution in [2.24, 2.45) is 0 Å². The Morgan fingerprint density at radius 2 is 2.07 bits per heavy atom. The minimum Gasteiger partial charge on any atom is -0.385 e. The van der Waals surface area contributed by atoms with E-state index in [-0.39, 0.29) is 5.56 Å². The SMILES string of the molecule is Nc1cc2cc(C=O)ccc2c(=O)[nH]1. The van der Waals surface area contributed by atoms with Gasteiger partial charge in [0.15, 0.2) is 0 Å². The lowest BCUT2D eigenvalue weighted by molar-refractivity contribution is 0.112. The van der Waals surface area contributed by atoms with Crippen molar-refractivity contribution in [1.29, 1.82) is 0 Å². The predicted molar refractivity (Wildman–Crippen MR) is 54.4 cm³/mol. The molecule has 4 nitrogen and oxygen atoms in total. The monoisotopic (exact) mass is 188 g/mol. The third-order valence-corrected chi connectivity index (χ3v) is 2.03.